The average Bonchev–Trinajstić information content (AvgIpc) is 2.83. The largest absolute Gasteiger partial charge is 0.339 e. The molecule has 0 aliphatic carbocycles. The number of benzene rings is 1. The topological polar surface area (TPSA) is 64.9 Å². The normalized spacial score (nSPS) is 10.6. The SMILES string of the molecule is NCCCc1nc(CCc2ccccc2)no1. The van der Waals surface area contributed by atoms with E-state index in [2.05, 4.69) is 22.3 Å². The quantitative estimate of drug-likeness (QED) is 0.822. The zero-order valence-corrected chi connectivity index (χ0v) is 9.80. The molecule has 0 saturated carbocycles. The zero-order chi connectivity index (χ0) is 11.9. The molecular formula is C13H17N3O. The van der Waals surface area contributed by atoms with Crippen LogP contribution in [-0.2, 0) is 19.3 Å². The van der Waals surface area contributed by atoms with Crippen LogP contribution in [-0.4, -0.2) is 16.7 Å². The first-order valence-corrected chi connectivity index (χ1v) is 5.94. The number of nitrogens with zero attached hydrogens (tertiary/aromatic N) is 2. The van der Waals surface area contributed by atoms with Crippen LogP contribution < -0.4 is 5.73 Å². The Morgan fingerprint density at radius 1 is 1.06 bits per heavy atom. The monoisotopic (exact) mass is 231 g/mol. The molecule has 2 aromatic rings. The van der Waals surface area contributed by atoms with Gasteiger partial charge in [-0.15, -0.1) is 0 Å². The Balaban J connectivity index is 1.85. The molecule has 4 heteroatoms. The van der Waals surface area contributed by atoms with Crippen LogP contribution in [0.25, 0.3) is 0 Å². The fourth-order valence-corrected chi connectivity index (χ4v) is 1.65. The summed E-state index contributed by atoms with van der Waals surface area (Å²) in [5, 5.41) is 3.96. The van der Waals surface area contributed by atoms with Crippen LogP contribution in [0.15, 0.2) is 34.9 Å². The molecule has 2 rings (SSSR count). The minimum atomic E-state index is 0.654. The third kappa shape index (κ3) is 3.67. The highest BCUT2D eigenvalue weighted by atomic mass is 16.5. The maximum atomic E-state index is 5.43. The van der Waals surface area contributed by atoms with Crippen LogP contribution in [0.5, 0.6) is 0 Å². The Morgan fingerprint density at radius 3 is 2.65 bits per heavy atom. The van der Waals surface area contributed by atoms with Crippen LogP contribution in [0, 0.1) is 0 Å². The van der Waals surface area contributed by atoms with Crippen molar-refractivity contribution in [1.82, 2.24) is 10.1 Å². The van der Waals surface area contributed by atoms with Gasteiger partial charge in [-0.25, -0.2) is 0 Å². The average molecular weight is 231 g/mol. The lowest BCUT2D eigenvalue weighted by molar-refractivity contribution is 0.371. The second kappa shape index (κ2) is 6.15. The molecule has 0 bridgehead atoms. The summed E-state index contributed by atoms with van der Waals surface area (Å²) in [6, 6.07) is 10.3. The van der Waals surface area contributed by atoms with Gasteiger partial charge in [0.2, 0.25) is 5.89 Å². The molecule has 0 amide bonds. The van der Waals surface area contributed by atoms with Crippen molar-refractivity contribution in [2.24, 2.45) is 5.73 Å². The molecule has 0 saturated heterocycles. The van der Waals surface area contributed by atoms with E-state index in [1.54, 1.807) is 0 Å². The van der Waals surface area contributed by atoms with E-state index in [1.165, 1.54) is 5.56 Å². The van der Waals surface area contributed by atoms with E-state index in [0.29, 0.717) is 12.4 Å². The number of rotatable bonds is 6. The Kier molecular flexibility index (Phi) is 4.27. The molecule has 0 aliphatic heterocycles. The predicted octanol–water partition coefficient (Wildman–Crippen LogP) is 1.75. The van der Waals surface area contributed by atoms with E-state index in [1.807, 2.05) is 18.2 Å². The van der Waals surface area contributed by atoms with Gasteiger partial charge in [-0.1, -0.05) is 35.5 Å². The van der Waals surface area contributed by atoms with Crippen molar-refractivity contribution >= 4 is 0 Å². The van der Waals surface area contributed by atoms with Crippen molar-refractivity contribution in [3.05, 3.63) is 47.6 Å². The van der Waals surface area contributed by atoms with Gasteiger partial charge in [-0.3, -0.25) is 0 Å². The Labute approximate surface area is 101 Å². The van der Waals surface area contributed by atoms with E-state index >= 15 is 0 Å². The molecule has 0 atom stereocenters. The molecule has 1 aromatic carbocycles. The Morgan fingerprint density at radius 2 is 1.88 bits per heavy atom. The smallest absolute Gasteiger partial charge is 0.226 e. The van der Waals surface area contributed by atoms with Crippen molar-refractivity contribution in [3.63, 3.8) is 0 Å². The highest BCUT2D eigenvalue weighted by molar-refractivity contribution is 5.15. The van der Waals surface area contributed by atoms with Crippen LogP contribution in [0.2, 0.25) is 0 Å². The first-order chi connectivity index (χ1) is 8.38. The van der Waals surface area contributed by atoms with E-state index in [0.717, 1.165) is 31.5 Å². The molecule has 0 spiro atoms. The highest BCUT2D eigenvalue weighted by Crippen LogP contribution is 2.06. The van der Waals surface area contributed by atoms with Crippen LogP contribution in [0.4, 0.5) is 0 Å². The fraction of sp³-hybridized carbons (Fsp3) is 0.385. The van der Waals surface area contributed by atoms with Crippen LogP contribution in [0.3, 0.4) is 0 Å². The molecule has 0 radical (unpaired) electrons. The first kappa shape index (κ1) is 11.8. The van der Waals surface area contributed by atoms with E-state index in [9.17, 15) is 0 Å². The number of aryl methyl sites for hydroxylation is 3. The van der Waals surface area contributed by atoms with Gasteiger partial charge in [0.25, 0.3) is 0 Å². The molecular weight excluding hydrogens is 214 g/mol. The summed E-state index contributed by atoms with van der Waals surface area (Å²) in [6.07, 6.45) is 3.42. The summed E-state index contributed by atoms with van der Waals surface area (Å²) in [5.74, 6) is 1.47. The molecule has 1 aromatic heterocycles. The van der Waals surface area contributed by atoms with Gasteiger partial charge in [0.05, 0.1) is 0 Å². The third-order valence-electron chi connectivity index (χ3n) is 2.59. The van der Waals surface area contributed by atoms with Gasteiger partial charge in [-0.05, 0) is 24.9 Å². The molecule has 2 N–H and O–H groups in total. The van der Waals surface area contributed by atoms with Gasteiger partial charge in [0.1, 0.15) is 0 Å². The lowest BCUT2D eigenvalue weighted by Gasteiger charge is -1.96. The molecule has 1 heterocycles. The third-order valence-corrected chi connectivity index (χ3v) is 2.59. The van der Waals surface area contributed by atoms with Crippen molar-refractivity contribution in [2.45, 2.75) is 25.7 Å². The molecule has 90 valence electrons. The number of hydrogen-bond acceptors (Lipinski definition) is 4. The lowest BCUT2D eigenvalue weighted by Crippen LogP contribution is -2.00. The predicted molar refractivity (Wildman–Crippen MR) is 65.5 cm³/mol. The Hall–Kier alpha value is -1.68. The maximum Gasteiger partial charge on any atom is 0.226 e. The maximum absolute atomic E-state index is 5.43. The summed E-state index contributed by atoms with van der Waals surface area (Å²) in [5.41, 5.74) is 6.72. The summed E-state index contributed by atoms with van der Waals surface area (Å²) in [4.78, 5) is 4.33. The highest BCUT2D eigenvalue weighted by Gasteiger charge is 2.05. The minimum Gasteiger partial charge on any atom is -0.339 e. The summed E-state index contributed by atoms with van der Waals surface area (Å²) >= 11 is 0. The summed E-state index contributed by atoms with van der Waals surface area (Å²) in [7, 11) is 0. The second-order valence-electron chi connectivity index (χ2n) is 3.98. The number of hydrogen-bond donors (Lipinski definition) is 1. The number of nitrogens with two attached hydrogens (primary N) is 1. The molecule has 17 heavy (non-hydrogen) atoms. The van der Waals surface area contributed by atoms with E-state index in [4.69, 9.17) is 10.3 Å². The number of aromatic nitrogens is 2. The van der Waals surface area contributed by atoms with Crippen molar-refractivity contribution < 1.29 is 4.52 Å². The minimum absolute atomic E-state index is 0.654. The molecule has 0 unspecified atom stereocenters. The zero-order valence-electron chi connectivity index (χ0n) is 9.80. The fourth-order valence-electron chi connectivity index (χ4n) is 1.65. The van der Waals surface area contributed by atoms with Gasteiger partial charge in [0, 0.05) is 12.8 Å². The van der Waals surface area contributed by atoms with Gasteiger partial charge >= 0.3 is 0 Å². The first-order valence-electron chi connectivity index (χ1n) is 5.94. The van der Waals surface area contributed by atoms with Crippen molar-refractivity contribution in [2.75, 3.05) is 6.54 Å². The van der Waals surface area contributed by atoms with Crippen molar-refractivity contribution in [3.8, 4) is 0 Å². The second-order valence-corrected chi connectivity index (χ2v) is 3.98. The van der Waals surface area contributed by atoms with Crippen LogP contribution >= 0.6 is 0 Å². The van der Waals surface area contributed by atoms with Crippen molar-refractivity contribution in [1.29, 1.82) is 0 Å². The van der Waals surface area contributed by atoms with E-state index < -0.39 is 0 Å². The lowest BCUT2D eigenvalue weighted by atomic mass is 10.1. The molecule has 4 nitrogen and oxygen atoms in total. The standard InChI is InChI=1S/C13H17N3O/c14-10-4-7-13-15-12(16-17-13)9-8-11-5-2-1-3-6-11/h1-3,5-6H,4,7-10,14H2. The Bertz CT molecular complexity index is 439. The van der Waals surface area contributed by atoms with E-state index in [-0.39, 0.29) is 0 Å². The van der Waals surface area contributed by atoms with Gasteiger partial charge in [0.15, 0.2) is 5.82 Å². The van der Waals surface area contributed by atoms with Gasteiger partial charge < -0.3 is 10.3 Å². The summed E-state index contributed by atoms with van der Waals surface area (Å²) in [6.45, 7) is 0.654. The summed E-state index contributed by atoms with van der Waals surface area (Å²) < 4.78 is 5.14. The van der Waals surface area contributed by atoms with Crippen LogP contribution in [0.1, 0.15) is 23.7 Å². The molecule has 0 fully saturated rings. The molecule has 0 aliphatic rings. The van der Waals surface area contributed by atoms with Gasteiger partial charge in [-0.2, -0.15) is 4.98 Å².